The Morgan fingerprint density at radius 3 is 2.56 bits per heavy atom. The van der Waals surface area contributed by atoms with Gasteiger partial charge in [-0.25, -0.2) is 4.39 Å². The van der Waals surface area contributed by atoms with Gasteiger partial charge in [0.25, 0.3) is 5.91 Å². The highest BCUT2D eigenvalue weighted by molar-refractivity contribution is 6.33. The fourth-order valence-electron chi connectivity index (χ4n) is 1.05. The van der Waals surface area contributed by atoms with E-state index < -0.39 is 17.8 Å². The van der Waals surface area contributed by atoms with Crippen molar-refractivity contribution in [3.8, 4) is 0 Å². The van der Waals surface area contributed by atoms with Gasteiger partial charge >= 0.3 is 0 Å². The molecule has 0 aliphatic rings. The third-order valence-corrected chi connectivity index (χ3v) is 2.45. The van der Waals surface area contributed by atoms with Gasteiger partial charge in [-0.2, -0.15) is 0 Å². The van der Waals surface area contributed by atoms with Crippen LogP contribution in [0.5, 0.6) is 0 Å². The van der Waals surface area contributed by atoms with Gasteiger partial charge in [0.15, 0.2) is 5.78 Å². The number of carbonyl (C=O) groups excluding carboxylic acids is 2. The SMILES string of the molecule is CC(=O)C(C)NC(=O)c1ccc(F)cc1Cl. The van der Waals surface area contributed by atoms with E-state index in [1.165, 1.54) is 13.0 Å². The first-order valence-electron chi connectivity index (χ1n) is 4.68. The summed E-state index contributed by atoms with van der Waals surface area (Å²) in [6, 6.07) is 2.88. The van der Waals surface area contributed by atoms with Crippen LogP contribution < -0.4 is 5.32 Å². The summed E-state index contributed by atoms with van der Waals surface area (Å²) < 4.78 is 12.7. The average molecular weight is 244 g/mol. The number of rotatable bonds is 3. The van der Waals surface area contributed by atoms with Gasteiger partial charge in [-0.05, 0) is 32.0 Å². The molecule has 0 aliphatic carbocycles. The second-order valence-electron chi connectivity index (χ2n) is 3.43. The highest BCUT2D eigenvalue weighted by Crippen LogP contribution is 2.17. The van der Waals surface area contributed by atoms with Crippen LogP contribution in [-0.2, 0) is 4.79 Å². The van der Waals surface area contributed by atoms with E-state index in [4.69, 9.17) is 11.6 Å². The number of Topliss-reactive ketones (excluding diaryl/α,β-unsaturated/α-hetero) is 1. The van der Waals surface area contributed by atoms with E-state index in [1.54, 1.807) is 6.92 Å². The largest absolute Gasteiger partial charge is 0.342 e. The van der Waals surface area contributed by atoms with Crippen LogP contribution in [0.2, 0.25) is 5.02 Å². The predicted molar refractivity (Wildman–Crippen MR) is 59.0 cm³/mol. The summed E-state index contributed by atoms with van der Waals surface area (Å²) in [6.07, 6.45) is 0. The molecule has 1 aromatic carbocycles. The van der Waals surface area contributed by atoms with Crippen LogP contribution >= 0.6 is 11.6 Å². The van der Waals surface area contributed by atoms with Crippen LogP contribution in [0, 0.1) is 5.82 Å². The quantitative estimate of drug-likeness (QED) is 0.885. The maximum Gasteiger partial charge on any atom is 0.253 e. The number of ketones is 1. The smallest absolute Gasteiger partial charge is 0.253 e. The Labute approximate surface area is 97.6 Å². The van der Waals surface area contributed by atoms with Crippen molar-refractivity contribution >= 4 is 23.3 Å². The molecule has 1 unspecified atom stereocenters. The molecular weight excluding hydrogens is 233 g/mol. The molecule has 86 valence electrons. The molecule has 1 atom stereocenters. The van der Waals surface area contributed by atoms with Gasteiger partial charge in [0, 0.05) is 0 Å². The molecule has 0 saturated heterocycles. The molecule has 0 spiro atoms. The van der Waals surface area contributed by atoms with Gasteiger partial charge in [0.1, 0.15) is 5.82 Å². The summed E-state index contributed by atoms with van der Waals surface area (Å²) in [4.78, 5) is 22.6. The Morgan fingerprint density at radius 1 is 1.44 bits per heavy atom. The fourth-order valence-corrected chi connectivity index (χ4v) is 1.30. The monoisotopic (exact) mass is 243 g/mol. The van der Waals surface area contributed by atoms with Crippen LogP contribution in [0.3, 0.4) is 0 Å². The lowest BCUT2D eigenvalue weighted by atomic mass is 10.1. The summed E-state index contributed by atoms with van der Waals surface area (Å²) in [6.45, 7) is 2.94. The van der Waals surface area contributed by atoms with Gasteiger partial charge < -0.3 is 5.32 Å². The molecule has 1 N–H and O–H groups in total. The summed E-state index contributed by atoms with van der Waals surface area (Å²) in [5.74, 6) is -1.17. The first-order valence-corrected chi connectivity index (χ1v) is 5.06. The maximum absolute atomic E-state index is 12.7. The minimum absolute atomic E-state index is 0.0215. The van der Waals surface area contributed by atoms with Crippen molar-refractivity contribution in [1.29, 1.82) is 0 Å². The standard InChI is InChI=1S/C11H11ClFNO2/c1-6(7(2)15)14-11(16)9-4-3-8(13)5-10(9)12/h3-6H,1-2H3,(H,14,16). The molecular formula is C11H11ClFNO2. The van der Waals surface area contributed by atoms with E-state index in [9.17, 15) is 14.0 Å². The number of carbonyl (C=O) groups is 2. The summed E-state index contributed by atoms with van der Waals surface area (Å²) in [5, 5.41) is 2.48. The van der Waals surface area contributed by atoms with E-state index >= 15 is 0 Å². The third kappa shape index (κ3) is 3.03. The van der Waals surface area contributed by atoms with E-state index in [-0.39, 0.29) is 16.4 Å². The number of nitrogens with one attached hydrogen (secondary N) is 1. The van der Waals surface area contributed by atoms with E-state index in [2.05, 4.69) is 5.32 Å². The van der Waals surface area contributed by atoms with Crippen molar-refractivity contribution in [1.82, 2.24) is 5.32 Å². The normalized spacial score (nSPS) is 12.0. The topological polar surface area (TPSA) is 46.2 Å². The number of amides is 1. The highest BCUT2D eigenvalue weighted by Gasteiger charge is 2.15. The molecule has 0 radical (unpaired) electrons. The summed E-state index contributed by atoms with van der Waals surface area (Å²) >= 11 is 5.70. The van der Waals surface area contributed by atoms with Gasteiger partial charge in [-0.15, -0.1) is 0 Å². The molecule has 0 aromatic heterocycles. The third-order valence-electron chi connectivity index (χ3n) is 2.13. The number of benzene rings is 1. The van der Waals surface area contributed by atoms with Gasteiger partial charge in [0.2, 0.25) is 0 Å². The van der Waals surface area contributed by atoms with Gasteiger partial charge in [-0.1, -0.05) is 11.6 Å². The van der Waals surface area contributed by atoms with E-state index in [0.717, 1.165) is 12.1 Å². The Kier molecular flexibility index (Phi) is 4.01. The fraction of sp³-hybridized carbons (Fsp3) is 0.273. The predicted octanol–water partition coefficient (Wildman–Crippen LogP) is 2.19. The van der Waals surface area contributed by atoms with Crippen molar-refractivity contribution in [2.45, 2.75) is 19.9 Å². The molecule has 5 heteroatoms. The van der Waals surface area contributed by atoms with Crippen molar-refractivity contribution in [3.63, 3.8) is 0 Å². The number of hydrogen-bond donors (Lipinski definition) is 1. The van der Waals surface area contributed by atoms with E-state index in [1.807, 2.05) is 0 Å². The van der Waals surface area contributed by atoms with Crippen molar-refractivity contribution in [3.05, 3.63) is 34.6 Å². The molecule has 0 saturated carbocycles. The first-order chi connectivity index (χ1) is 7.41. The zero-order valence-electron chi connectivity index (χ0n) is 8.88. The lowest BCUT2D eigenvalue weighted by molar-refractivity contribution is -0.118. The van der Waals surface area contributed by atoms with Crippen molar-refractivity contribution in [2.75, 3.05) is 0 Å². The second kappa shape index (κ2) is 5.07. The van der Waals surface area contributed by atoms with Crippen LogP contribution in [0.15, 0.2) is 18.2 Å². The molecule has 16 heavy (non-hydrogen) atoms. The molecule has 1 amide bonds. The van der Waals surface area contributed by atoms with Crippen molar-refractivity contribution in [2.24, 2.45) is 0 Å². The van der Waals surface area contributed by atoms with Crippen LogP contribution in [0.4, 0.5) is 4.39 Å². The lowest BCUT2D eigenvalue weighted by Gasteiger charge is -2.11. The van der Waals surface area contributed by atoms with Crippen molar-refractivity contribution < 1.29 is 14.0 Å². The van der Waals surface area contributed by atoms with E-state index in [0.29, 0.717) is 0 Å². The summed E-state index contributed by atoms with van der Waals surface area (Å²) in [7, 11) is 0. The Balaban J connectivity index is 2.85. The minimum atomic E-state index is -0.589. The molecule has 0 heterocycles. The maximum atomic E-state index is 12.7. The highest BCUT2D eigenvalue weighted by atomic mass is 35.5. The average Bonchev–Trinajstić information content (AvgIpc) is 2.16. The van der Waals surface area contributed by atoms with Gasteiger partial charge in [0.05, 0.1) is 16.6 Å². The molecule has 0 fully saturated rings. The second-order valence-corrected chi connectivity index (χ2v) is 3.84. The first kappa shape index (κ1) is 12.6. The summed E-state index contributed by atoms with van der Waals surface area (Å²) in [5.41, 5.74) is 0.149. The molecule has 0 bridgehead atoms. The van der Waals surface area contributed by atoms with Gasteiger partial charge in [-0.3, -0.25) is 9.59 Å². The molecule has 0 aliphatic heterocycles. The Morgan fingerprint density at radius 2 is 2.06 bits per heavy atom. The van der Waals surface area contributed by atoms with Crippen LogP contribution in [0.1, 0.15) is 24.2 Å². The number of hydrogen-bond acceptors (Lipinski definition) is 2. The Hall–Kier alpha value is -1.42. The zero-order chi connectivity index (χ0) is 12.3. The molecule has 1 rings (SSSR count). The zero-order valence-corrected chi connectivity index (χ0v) is 9.64. The Bertz CT molecular complexity index is 434. The molecule has 3 nitrogen and oxygen atoms in total. The van der Waals surface area contributed by atoms with Crippen LogP contribution in [0.25, 0.3) is 0 Å². The minimum Gasteiger partial charge on any atom is -0.342 e. The number of halogens is 2. The lowest BCUT2D eigenvalue weighted by Crippen LogP contribution is -2.37. The van der Waals surface area contributed by atoms with Crippen LogP contribution in [-0.4, -0.2) is 17.7 Å². The molecule has 1 aromatic rings.